The zero-order valence-electron chi connectivity index (χ0n) is 18.7. The number of guanidine groups is 1. The molecule has 0 amide bonds. The number of hydrogen-bond acceptors (Lipinski definition) is 3. The van der Waals surface area contributed by atoms with E-state index >= 15 is 0 Å². The Morgan fingerprint density at radius 1 is 0.750 bits per heavy atom. The van der Waals surface area contributed by atoms with E-state index in [1.54, 1.807) is 0 Å². The SMILES string of the molecule is CCCCCCCCCCCCCCCCCC(=O)OCC(CC)N=C(N)N. The number of nitrogens with two attached hydrogens (primary N) is 2. The standard InChI is InChI=1S/C23H47N3O2/c1-3-5-6-7-8-9-10-11-12-13-14-15-16-17-18-19-22(27)28-20-21(4-2)26-23(24)25/h21H,3-20H2,1-2H3,(H4,24,25,26). The molecule has 5 heteroatoms. The van der Waals surface area contributed by atoms with Gasteiger partial charge in [0, 0.05) is 6.42 Å². The molecule has 0 aliphatic rings. The van der Waals surface area contributed by atoms with Gasteiger partial charge in [0.25, 0.3) is 0 Å². The highest BCUT2D eigenvalue weighted by atomic mass is 16.5. The van der Waals surface area contributed by atoms with Crippen LogP contribution in [0.1, 0.15) is 123 Å². The summed E-state index contributed by atoms with van der Waals surface area (Å²) in [5.41, 5.74) is 10.7. The van der Waals surface area contributed by atoms with Crippen molar-refractivity contribution in [1.82, 2.24) is 0 Å². The summed E-state index contributed by atoms with van der Waals surface area (Å²) in [5.74, 6) is -0.0933. The minimum atomic E-state index is -0.140. The molecule has 4 N–H and O–H groups in total. The Morgan fingerprint density at radius 2 is 1.18 bits per heavy atom. The lowest BCUT2D eigenvalue weighted by atomic mass is 10.0. The number of ether oxygens (including phenoxy) is 1. The first kappa shape index (κ1) is 26.7. The van der Waals surface area contributed by atoms with Crippen molar-refractivity contribution in [2.24, 2.45) is 16.5 Å². The molecule has 0 rings (SSSR count). The molecule has 0 radical (unpaired) electrons. The van der Waals surface area contributed by atoms with Gasteiger partial charge in [-0.3, -0.25) is 4.79 Å². The lowest BCUT2D eigenvalue weighted by Crippen LogP contribution is -2.27. The van der Waals surface area contributed by atoms with E-state index in [4.69, 9.17) is 16.2 Å². The predicted molar refractivity (Wildman–Crippen MR) is 120 cm³/mol. The van der Waals surface area contributed by atoms with Crippen LogP contribution in [0.3, 0.4) is 0 Å². The average molecular weight is 398 g/mol. The first-order valence-corrected chi connectivity index (χ1v) is 11.8. The van der Waals surface area contributed by atoms with Crippen LogP contribution in [0.15, 0.2) is 4.99 Å². The minimum absolute atomic E-state index is 0.0466. The van der Waals surface area contributed by atoms with E-state index in [2.05, 4.69) is 11.9 Å². The number of carbonyl (C=O) groups is 1. The van der Waals surface area contributed by atoms with Crippen LogP contribution in [-0.2, 0) is 9.53 Å². The van der Waals surface area contributed by atoms with Gasteiger partial charge in [0.15, 0.2) is 5.96 Å². The van der Waals surface area contributed by atoms with E-state index in [1.807, 2.05) is 6.92 Å². The first-order chi connectivity index (χ1) is 13.6. The quantitative estimate of drug-likeness (QED) is 0.117. The number of carbonyl (C=O) groups excluding carboxylic acids is 1. The van der Waals surface area contributed by atoms with E-state index in [0.717, 1.165) is 19.3 Å². The monoisotopic (exact) mass is 397 g/mol. The number of esters is 1. The first-order valence-electron chi connectivity index (χ1n) is 11.8. The topological polar surface area (TPSA) is 90.7 Å². The van der Waals surface area contributed by atoms with E-state index in [0.29, 0.717) is 6.42 Å². The molecule has 0 spiro atoms. The molecule has 0 fully saturated rings. The van der Waals surface area contributed by atoms with Gasteiger partial charge in [-0.2, -0.15) is 0 Å². The van der Waals surface area contributed by atoms with Gasteiger partial charge >= 0.3 is 5.97 Å². The van der Waals surface area contributed by atoms with Crippen molar-refractivity contribution in [3.63, 3.8) is 0 Å². The third-order valence-corrected chi connectivity index (χ3v) is 5.22. The Labute approximate surface area is 174 Å². The summed E-state index contributed by atoms with van der Waals surface area (Å²) in [6.45, 7) is 4.51. The van der Waals surface area contributed by atoms with Gasteiger partial charge in [-0.15, -0.1) is 0 Å². The minimum Gasteiger partial charge on any atom is -0.463 e. The van der Waals surface area contributed by atoms with Crippen molar-refractivity contribution in [3.8, 4) is 0 Å². The molecule has 0 heterocycles. The lowest BCUT2D eigenvalue weighted by Gasteiger charge is -2.11. The van der Waals surface area contributed by atoms with Crippen LogP contribution in [0.2, 0.25) is 0 Å². The highest BCUT2D eigenvalue weighted by Gasteiger charge is 2.09. The van der Waals surface area contributed by atoms with Crippen molar-refractivity contribution in [3.05, 3.63) is 0 Å². The molecule has 0 saturated carbocycles. The Bertz CT molecular complexity index is 382. The molecular weight excluding hydrogens is 350 g/mol. The highest BCUT2D eigenvalue weighted by molar-refractivity contribution is 5.76. The largest absolute Gasteiger partial charge is 0.463 e. The van der Waals surface area contributed by atoms with Gasteiger partial charge in [0.2, 0.25) is 0 Å². The van der Waals surface area contributed by atoms with Gasteiger partial charge in [-0.05, 0) is 12.8 Å². The molecule has 0 aliphatic heterocycles. The summed E-state index contributed by atoms with van der Waals surface area (Å²) in [6.07, 6.45) is 21.1. The number of rotatable bonds is 20. The van der Waals surface area contributed by atoms with Crippen LogP contribution in [0.4, 0.5) is 0 Å². The van der Waals surface area contributed by atoms with Crippen LogP contribution in [0, 0.1) is 0 Å². The Morgan fingerprint density at radius 3 is 1.57 bits per heavy atom. The summed E-state index contributed by atoms with van der Waals surface area (Å²) in [7, 11) is 0. The second-order valence-electron chi connectivity index (χ2n) is 8.00. The smallest absolute Gasteiger partial charge is 0.305 e. The normalized spacial score (nSPS) is 11.9. The van der Waals surface area contributed by atoms with E-state index < -0.39 is 0 Å². The lowest BCUT2D eigenvalue weighted by molar-refractivity contribution is -0.144. The Hall–Kier alpha value is -1.26. The molecule has 0 aromatic heterocycles. The molecule has 0 saturated heterocycles. The van der Waals surface area contributed by atoms with Crippen LogP contribution < -0.4 is 11.5 Å². The fraction of sp³-hybridized carbons (Fsp3) is 0.913. The third-order valence-electron chi connectivity index (χ3n) is 5.22. The molecule has 5 nitrogen and oxygen atoms in total. The highest BCUT2D eigenvalue weighted by Crippen LogP contribution is 2.14. The second kappa shape index (κ2) is 20.5. The molecule has 0 aliphatic carbocycles. The maximum absolute atomic E-state index is 11.7. The average Bonchev–Trinajstić information content (AvgIpc) is 2.67. The van der Waals surface area contributed by atoms with Crippen molar-refractivity contribution in [2.45, 2.75) is 129 Å². The van der Waals surface area contributed by atoms with Crippen molar-refractivity contribution in [2.75, 3.05) is 6.61 Å². The number of hydrogen-bond donors (Lipinski definition) is 2. The van der Waals surface area contributed by atoms with Gasteiger partial charge in [-0.25, -0.2) is 4.99 Å². The molecule has 1 unspecified atom stereocenters. The van der Waals surface area contributed by atoms with Gasteiger partial charge in [0.1, 0.15) is 6.61 Å². The zero-order chi connectivity index (χ0) is 20.9. The van der Waals surface area contributed by atoms with E-state index in [-0.39, 0.29) is 24.6 Å². The summed E-state index contributed by atoms with van der Waals surface area (Å²) in [4.78, 5) is 15.8. The van der Waals surface area contributed by atoms with Crippen LogP contribution >= 0.6 is 0 Å². The van der Waals surface area contributed by atoms with Crippen LogP contribution in [0.25, 0.3) is 0 Å². The molecular formula is C23H47N3O2. The van der Waals surface area contributed by atoms with Crippen LogP contribution in [0.5, 0.6) is 0 Å². The maximum atomic E-state index is 11.7. The molecule has 0 aromatic carbocycles. The van der Waals surface area contributed by atoms with Crippen molar-refractivity contribution >= 4 is 11.9 Å². The number of nitrogens with zero attached hydrogens (tertiary/aromatic N) is 1. The van der Waals surface area contributed by atoms with E-state index in [1.165, 1.54) is 83.5 Å². The number of aliphatic imine (C=N–C) groups is 1. The molecule has 0 aromatic rings. The van der Waals surface area contributed by atoms with E-state index in [9.17, 15) is 4.79 Å². The zero-order valence-corrected chi connectivity index (χ0v) is 18.7. The fourth-order valence-electron chi connectivity index (χ4n) is 3.36. The summed E-state index contributed by atoms with van der Waals surface area (Å²) in [6, 6.07) is -0.130. The molecule has 0 bridgehead atoms. The molecule has 28 heavy (non-hydrogen) atoms. The van der Waals surface area contributed by atoms with Crippen molar-refractivity contribution in [1.29, 1.82) is 0 Å². The predicted octanol–water partition coefficient (Wildman–Crippen LogP) is 5.84. The van der Waals surface area contributed by atoms with Gasteiger partial charge < -0.3 is 16.2 Å². The number of unbranched alkanes of at least 4 members (excludes halogenated alkanes) is 14. The Kier molecular flexibility index (Phi) is 19.6. The third kappa shape index (κ3) is 19.5. The maximum Gasteiger partial charge on any atom is 0.305 e. The van der Waals surface area contributed by atoms with Crippen molar-refractivity contribution < 1.29 is 9.53 Å². The molecule has 166 valence electrons. The summed E-state index contributed by atoms with van der Waals surface area (Å²) in [5, 5.41) is 0. The fourth-order valence-corrected chi connectivity index (χ4v) is 3.36. The molecule has 1 atom stereocenters. The van der Waals surface area contributed by atoms with Gasteiger partial charge in [-0.1, -0.05) is 104 Å². The van der Waals surface area contributed by atoms with Crippen LogP contribution in [-0.4, -0.2) is 24.6 Å². The summed E-state index contributed by atoms with van der Waals surface area (Å²) < 4.78 is 5.26. The summed E-state index contributed by atoms with van der Waals surface area (Å²) >= 11 is 0. The second-order valence-corrected chi connectivity index (χ2v) is 8.00. The van der Waals surface area contributed by atoms with Gasteiger partial charge in [0.05, 0.1) is 6.04 Å². The Balaban J connectivity index is 3.32.